The number of nitrogens with zero attached hydrogens (tertiary/aromatic N) is 4. The second-order valence-electron chi connectivity index (χ2n) is 9.76. The van der Waals surface area contributed by atoms with Gasteiger partial charge in [0.15, 0.2) is 5.13 Å². The van der Waals surface area contributed by atoms with Crippen LogP contribution in [0.15, 0.2) is 41.8 Å². The van der Waals surface area contributed by atoms with E-state index < -0.39 is 17.4 Å². The summed E-state index contributed by atoms with van der Waals surface area (Å²) in [6, 6.07) is 12.9. The van der Waals surface area contributed by atoms with Crippen LogP contribution in [0.2, 0.25) is 0 Å². The first-order valence-electron chi connectivity index (χ1n) is 12.8. The Morgan fingerprint density at radius 2 is 2.05 bits per heavy atom. The SMILES string of the molecule is C[C@@H]1CN(c2cccc(-c3csc(NC(=O)CNC(=O)c4ccc5c(c4)C(C#N)(OSI)COC5)n3)n2)C[C@H](C)O1. The van der Waals surface area contributed by atoms with E-state index in [-0.39, 0.29) is 25.4 Å². The number of fused-ring (bicyclic) bond motifs is 1. The summed E-state index contributed by atoms with van der Waals surface area (Å²) >= 11 is 3.22. The second kappa shape index (κ2) is 13.0. The molecule has 5 rings (SSSR count). The monoisotopic (exact) mass is 706 g/mol. The number of amides is 2. The molecule has 2 amide bonds. The number of pyridine rings is 1. The van der Waals surface area contributed by atoms with Crippen molar-refractivity contribution in [3.63, 3.8) is 0 Å². The maximum absolute atomic E-state index is 12.9. The number of halogens is 1. The van der Waals surface area contributed by atoms with Crippen molar-refractivity contribution in [1.82, 2.24) is 15.3 Å². The van der Waals surface area contributed by atoms with Crippen LogP contribution in [0.25, 0.3) is 11.4 Å². The number of morpholine rings is 1. The van der Waals surface area contributed by atoms with Gasteiger partial charge in [-0.3, -0.25) is 13.8 Å². The summed E-state index contributed by atoms with van der Waals surface area (Å²) < 4.78 is 17.0. The molecule has 0 saturated carbocycles. The number of nitriles is 1. The number of hydrogen-bond acceptors (Lipinski definition) is 11. The van der Waals surface area contributed by atoms with Gasteiger partial charge in [-0.1, -0.05) is 12.1 Å². The zero-order chi connectivity index (χ0) is 29.0. The molecule has 2 N–H and O–H groups in total. The molecule has 0 radical (unpaired) electrons. The summed E-state index contributed by atoms with van der Waals surface area (Å²) in [4.78, 5) is 37.0. The van der Waals surface area contributed by atoms with Crippen molar-refractivity contribution in [1.29, 1.82) is 5.26 Å². The molecule has 0 bridgehead atoms. The number of anilines is 2. The van der Waals surface area contributed by atoms with Crippen molar-refractivity contribution < 1.29 is 23.2 Å². The summed E-state index contributed by atoms with van der Waals surface area (Å²) in [6.45, 7) is 5.74. The number of aromatic nitrogens is 2. The van der Waals surface area contributed by atoms with Gasteiger partial charge in [0.2, 0.25) is 11.5 Å². The van der Waals surface area contributed by atoms with Crippen LogP contribution in [-0.4, -0.2) is 60.2 Å². The van der Waals surface area contributed by atoms with Gasteiger partial charge in [0, 0.05) is 50.8 Å². The summed E-state index contributed by atoms with van der Waals surface area (Å²) in [7, 11) is 1.03. The summed E-state index contributed by atoms with van der Waals surface area (Å²) in [5.74, 6) is -0.0113. The van der Waals surface area contributed by atoms with Gasteiger partial charge in [0.05, 0.1) is 46.9 Å². The first-order valence-corrected chi connectivity index (χ1v) is 17.0. The van der Waals surface area contributed by atoms with Crippen molar-refractivity contribution in [2.45, 2.75) is 38.3 Å². The molecule has 41 heavy (non-hydrogen) atoms. The minimum atomic E-state index is -1.32. The number of thiazole rings is 1. The zero-order valence-electron chi connectivity index (χ0n) is 22.3. The molecule has 2 aromatic heterocycles. The lowest BCUT2D eigenvalue weighted by Crippen LogP contribution is -2.45. The Morgan fingerprint density at radius 3 is 2.80 bits per heavy atom. The molecule has 3 atom stereocenters. The number of carbonyl (C=O) groups is 2. The van der Waals surface area contributed by atoms with Crippen LogP contribution < -0.4 is 15.5 Å². The van der Waals surface area contributed by atoms with E-state index in [4.69, 9.17) is 18.6 Å². The highest BCUT2D eigenvalue weighted by atomic mass is 127. The lowest BCUT2D eigenvalue weighted by molar-refractivity contribution is -0.115. The van der Waals surface area contributed by atoms with Gasteiger partial charge in [-0.25, -0.2) is 9.97 Å². The fourth-order valence-corrected chi connectivity index (χ4v) is 6.74. The van der Waals surface area contributed by atoms with Crippen molar-refractivity contribution >= 4 is 64.5 Å². The van der Waals surface area contributed by atoms with E-state index in [2.05, 4.69) is 26.6 Å². The highest BCUT2D eigenvalue weighted by Crippen LogP contribution is 2.38. The lowest BCUT2D eigenvalue weighted by Gasteiger charge is -2.36. The number of carbonyl (C=O) groups excluding carboxylic acids is 2. The molecule has 11 nitrogen and oxygen atoms in total. The molecular weight excluding hydrogens is 679 g/mol. The van der Waals surface area contributed by atoms with Gasteiger partial charge in [-0.2, -0.15) is 5.26 Å². The Kier molecular flexibility index (Phi) is 9.42. The smallest absolute Gasteiger partial charge is 0.251 e. The predicted molar refractivity (Wildman–Crippen MR) is 165 cm³/mol. The molecule has 1 unspecified atom stereocenters. The van der Waals surface area contributed by atoms with Gasteiger partial charge in [0.1, 0.15) is 17.6 Å². The average Bonchev–Trinajstić information content (AvgIpc) is 3.44. The molecule has 214 valence electrons. The molecule has 2 aliphatic rings. The quantitative estimate of drug-likeness (QED) is 0.255. The largest absolute Gasteiger partial charge is 0.372 e. The third kappa shape index (κ3) is 6.82. The maximum Gasteiger partial charge on any atom is 0.251 e. The Bertz CT molecular complexity index is 1470. The molecule has 2 aliphatic heterocycles. The van der Waals surface area contributed by atoms with Crippen LogP contribution in [0.3, 0.4) is 0 Å². The number of nitrogens with one attached hydrogen (secondary N) is 2. The van der Waals surface area contributed by atoms with Crippen molar-refractivity contribution in [3.8, 4) is 17.5 Å². The van der Waals surface area contributed by atoms with Gasteiger partial charge >= 0.3 is 0 Å². The van der Waals surface area contributed by atoms with Gasteiger partial charge in [0.25, 0.3) is 5.91 Å². The van der Waals surface area contributed by atoms with Crippen LogP contribution in [0, 0.1) is 11.3 Å². The Hall–Kier alpha value is -2.81. The summed E-state index contributed by atoms with van der Waals surface area (Å²) in [5, 5.41) is 17.4. The molecule has 0 spiro atoms. The van der Waals surface area contributed by atoms with Crippen molar-refractivity contribution in [2.75, 3.05) is 36.5 Å². The van der Waals surface area contributed by atoms with E-state index in [9.17, 15) is 14.9 Å². The molecule has 0 aliphatic carbocycles. The van der Waals surface area contributed by atoms with E-state index in [1.54, 1.807) is 18.2 Å². The lowest BCUT2D eigenvalue weighted by atomic mass is 9.88. The van der Waals surface area contributed by atoms with Crippen LogP contribution >= 0.6 is 41.8 Å². The standard InChI is InChI=1S/C27H27IN6O5S2/c1-16-10-34(11-17(2)38-16)23-5-3-4-21(31-23)22-13-40-26(32-22)33-24(35)9-30-25(36)18-6-7-19-12-37-15-27(14-29,39-41-28)20(19)8-18/h3-8,13,16-17H,9-12,15H2,1-2H3,(H,30,36)(H,32,33,35)/t16-,17+,27?. The third-order valence-corrected chi connectivity index (χ3v) is 8.27. The normalized spacial score (nSPS) is 22.0. The first kappa shape index (κ1) is 29.7. The summed E-state index contributed by atoms with van der Waals surface area (Å²) in [6.07, 6.45) is 0.236. The number of hydrogen-bond donors (Lipinski definition) is 2. The van der Waals surface area contributed by atoms with E-state index in [0.717, 1.165) is 33.7 Å². The summed E-state index contributed by atoms with van der Waals surface area (Å²) in [5.41, 5.74) is 1.70. The molecule has 3 aromatic rings. The van der Waals surface area contributed by atoms with E-state index in [1.165, 1.54) is 11.3 Å². The fourth-order valence-electron chi connectivity index (χ4n) is 4.82. The van der Waals surface area contributed by atoms with Crippen LogP contribution in [-0.2, 0) is 30.7 Å². The molecule has 14 heteroatoms. The van der Waals surface area contributed by atoms with Crippen molar-refractivity contribution in [3.05, 3.63) is 58.5 Å². The Balaban J connectivity index is 1.20. The highest BCUT2D eigenvalue weighted by molar-refractivity contribution is 14.2. The number of benzene rings is 1. The van der Waals surface area contributed by atoms with E-state index >= 15 is 0 Å². The number of rotatable bonds is 8. The molecule has 1 saturated heterocycles. The Labute approximate surface area is 257 Å². The fraction of sp³-hybridized carbons (Fsp3) is 0.370. The van der Waals surface area contributed by atoms with Gasteiger partial charge in [-0.05, 0) is 43.7 Å². The van der Waals surface area contributed by atoms with Crippen LogP contribution in [0.5, 0.6) is 0 Å². The third-order valence-electron chi connectivity index (χ3n) is 6.62. The Morgan fingerprint density at radius 1 is 1.24 bits per heavy atom. The minimum Gasteiger partial charge on any atom is -0.372 e. The predicted octanol–water partition coefficient (Wildman–Crippen LogP) is 4.45. The maximum atomic E-state index is 12.9. The van der Waals surface area contributed by atoms with E-state index in [0.29, 0.717) is 34.3 Å². The van der Waals surface area contributed by atoms with Crippen LogP contribution in [0.4, 0.5) is 10.9 Å². The number of ether oxygens (including phenoxy) is 2. The van der Waals surface area contributed by atoms with Crippen molar-refractivity contribution in [2.24, 2.45) is 0 Å². The molecule has 4 heterocycles. The van der Waals surface area contributed by atoms with E-state index in [1.807, 2.05) is 58.6 Å². The first-order chi connectivity index (χ1) is 19.8. The second-order valence-corrected chi connectivity index (χ2v) is 12.0. The zero-order valence-corrected chi connectivity index (χ0v) is 26.0. The molecule has 1 aromatic carbocycles. The molecule has 1 fully saturated rings. The van der Waals surface area contributed by atoms with Gasteiger partial charge < -0.3 is 25.0 Å². The minimum absolute atomic E-state index is 0.0568. The molecular formula is C27H27IN6O5S2. The highest BCUT2D eigenvalue weighted by Gasteiger charge is 2.40. The van der Waals surface area contributed by atoms with Gasteiger partial charge in [-0.15, -0.1) is 11.3 Å². The average molecular weight is 707 g/mol. The topological polar surface area (TPSA) is 139 Å². The van der Waals surface area contributed by atoms with Crippen LogP contribution in [0.1, 0.15) is 35.3 Å².